The van der Waals surface area contributed by atoms with E-state index in [0.717, 1.165) is 11.1 Å². The van der Waals surface area contributed by atoms with E-state index in [-0.39, 0.29) is 11.7 Å². The predicted molar refractivity (Wildman–Crippen MR) is 75.5 cm³/mol. The highest BCUT2D eigenvalue weighted by Crippen LogP contribution is 2.36. The Hall–Kier alpha value is -2.95. The first-order chi connectivity index (χ1) is 9.58. The molecule has 0 bridgehead atoms. The number of nitrogens with two attached hydrogens (primary N) is 2. The van der Waals surface area contributed by atoms with Crippen LogP contribution in [0.5, 0.6) is 0 Å². The van der Waals surface area contributed by atoms with Crippen LogP contribution in [-0.4, -0.2) is 17.6 Å². The minimum Gasteiger partial charge on any atom is -0.370 e. The minimum absolute atomic E-state index is 0.0311. The molecular weight excluding hydrogens is 254 g/mol. The SMILES string of the molecule is NC(N)=NC(=O)c1ccc2c(c1)-c1ccccc1C2=O. The standard InChI is InChI=1S/C15H11N3O2/c16-15(17)18-14(20)8-5-6-11-12(7-8)9-3-1-2-4-10(9)13(11)19/h1-7H,(H4,16,17,18,20). The highest BCUT2D eigenvalue weighted by molar-refractivity contribution is 6.22. The Morgan fingerprint density at radius 2 is 1.55 bits per heavy atom. The molecule has 20 heavy (non-hydrogen) atoms. The van der Waals surface area contributed by atoms with Crippen molar-refractivity contribution in [1.82, 2.24) is 0 Å². The van der Waals surface area contributed by atoms with E-state index in [1.54, 1.807) is 24.3 Å². The molecule has 4 N–H and O–H groups in total. The van der Waals surface area contributed by atoms with Gasteiger partial charge in [-0.15, -0.1) is 0 Å². The van der Waals surface area contributed by atoms with Crippen LogP contribution in [0.15, 0.2) is 47.5 Å². The van der Waals surface area contributed by atoms with Crippen molar-refractivity contribution in [3.8, 4) is 11.1 Å². The first kappa shape index (κ1) is 12.1. The third kappa shape index (κ3) is 1.76. The van der Waals surface area contributed by atoms with Gasteiger partial charge in [0.05, 0.1) is 0 Å². The smallest absolute Gasteiger partial charge is 0.280 e. The van der Waals surface area contributed by atoms with Gasteiger partial charge in [-0.1, -0.05) is 24.3 Å². The predicted octanol–water partition coefficient (Wildman–Crippen LogP) is 1.31. The lowest BCUT2D eigenvalue weighted by Crippen LogP contribution is -2.24. The number of hydrogen-bond donors (Lipinski definition) is 2. The summed E-state index contributed by atoms with van der Waals surface area (Å²) >= 11 is 0. The first-order valence-corrected chi connectivity index (χ1v) is 6.00. The molecule has 0 fully saturated rings. The molecule has 5 heteroatoms. The zero-order chi connectivity index (χ0) is 14.3. The molecule has 0 aliphatic heterocycles. The Morgan fingerprint density at radius 1 is 0.900 bits per heavy atom. The molecule has 3 rings (SSSR count). The monoisotopic (exact) mass is 265 g/mol. The molecule has 1 aliphatic carbocycles. The van der Waals surface area contributed by atoms with Crippen LogP contribution in [-0.2, 0) is 0 Å². The van der Waals surface area contributed by atoms with Gasteiger partial charge >= 0.3 is 0 Å². The molecule has 1 aliphatic rings. The van der Waals surface area contributed by atoms with Gasteiger partial charge in [-0.3, -0.25) is 9.59 Å². The molecule has 0 atom stereocenters. The summed E-state index contributed by atoms with van der Waals surface area (Å²) in [5.74, 6) is -0.840. The molecular formula is C15H11N3O2. The summed E-state index contributed by atoms with van der Waals surface area (Å²) in [6.07, 6.45) is 0. The van der Waals surface area contributed by atoms with E-state index in [1.807, 2.05) is 18.2 Å². The van der Waals surface area contributed by atoms with Crippen molar-refractivity contribution in [3.63, 3.8) is 0 Å². The van der Waals surface area contributed by atoms with Crippen LogP contribution in [0.1, 0.15) is 26.3 Å². The molecule has 0 unspecified atom stereocenters. The van der Waals surface area contributed by atoms with Crippen LogP contribution in [0.2, 0.25) is 0 Å². The van der Waals surface area contributed by atoms with E-state index in [0.29, 0.717) is 16.7 Å². The molecule has 1 amide bonds. The molecule has 0 spiro atoms. The number of carbonyl (C=O) groups is 2. The van der Waals surface area contributed by atoms with Crippen LogP contribution in [0, 0.1) is 0 Å². The Labute approximate surface area is 114 Å². The van der Waals surface area contributed by atoms with Gasteiger partial charge in [0, 0.05) is 16.7 Å². The summed E-state index contributed by atoms with van der Waals surface area (Å²) in [7, 11) is 0. The normalized spacial score (nSPS) is 11.7. The summed E-state index contributed by atoms with van der Waals surface area (Å²) < 4.78 is 0. The van der Waals surface area contributed by atoms with E-state index in [2.05, 4.69) is 4.99 Å². The highest BCUT2D eigenvalue weighted by Gasteiger charge is 2.26. The van der Waals surface area contributed by atoms with Crippen molar-refractivity contribution in [1.29, 1.82) is 0 Å². The van der Waals surface area contributed by atoms with Crippen molar-refractivity contribution in [2.24, 2.45) is 16.5 Å². The topological polar surface area (TPSA) is 98.5 Å². The van der Waals surface area contributed by atoms with Crippen LogP contribution < -0.4 is 11.5 Å². The largest absolute Gasteiger partial charge is 0.370 e. The number of ketones is 1. The van der Waals surface area contributed by atoms with Gasteiger partial charge in [0.2, 0.25) is 0 Å². The van der Waals surface area contributed by atoms with Gasteiger partial charge in [-0.25, -0.2) is 0 Å². The molecule has 0 radical (unpaired) electrons. The zero-order valence-electron chi connectivity index (χ0n) is 10.5. The average molecular weight is 265 g/mol. The first-order valence-electron chi connectivity index (χ1n) is 6.00. The molecule has 0 heterocycles. The second kappa shape index (κ2) is 4.31. The lowest BCUT2D eigenvalue weighted by molar-refractivity contribution is 0.0999. The van der Waals surface area contributed by atoms with Gasteiger partial charge in [0.1, 0.15) is 0 Å². The van der Waals surface area contributed by atoms with Crippen LogP contribution in [0.25, 0.3) is 11.1 Å². The summed E-state index contributed by atoms with van der Waals surface area (Å²) in [4.78, 5) is 27.5. The zero-order valence-corrected chi connectivity index (χ0v) is 10.5. The second-order valence-corrected chi connectivity index (χ2v) is 4.48. The Morgan fingerprint density at radius 3 is 2.25 bits per heavy atom. The van der Waals surface area contributed by atoms with Gasteiger partial charge in [-0.05, 0) is 29.3 Å². The lowest BCUT2D eigenvalue weighted by atomic mass is 10.0. The number of guanidine groups is 1. The average Bonchev–Trinajstić information content (AvgIpc) is 2.72. The lowest BCUT2D eigenvalue weighted by Gasteiger charge is -2.02. The van der Waals surface area contributed by atoms with Crippen LogP contribution in [0.3, 0.4) is 0 Å². The number of aliphatic imine (C=N–C) groups is 1. The fourth-order valence-electron chi connectivity index (χ4n) is 2.34. The highest BCUT2D eigenvalue weighted by atomic mass is 16.1. The van der Waals surface area contributed by atoms with Crippen molar-refractivity contribution < 1.29 is 9.59 Å². The summed E-state index contributed by atoms with van der Waals surface area (Å²) in [5.41, 5.74) is 13.5. The molecule has 0 saturated carbocycles. The number of carbonyl (C=O) groups excluding carboxylic acids is 2. The maximum absolute atomic E-state index is 12.2. The maximum Gasteiger partial charge on any atom is 0.280 e. The van der Waals surface area contributed by atoms with Crippen molar-refractivity contribution in [2.45, 2.75) is 0 Å². The number of benzene rings is 2. The number of nitrogens with zero attached hydrogens (tertiary/aromatic N) is 1. The summed E-state index contributed by atoms with van der Waals surface area (Å²) in [6.45, 7) is 0. The molecule has 2 aromatic rings. The van der Waals surface area contributed by atoms with Gasteiger partial charge < -0.3 is 11.5 Å². The van der Waals surface area contributed by atoms with Gasteiger partial charge in [0.25, 0.3) is 5.91 Å². The van der Waals surface area contributed by atoms with E-state index in [9.17, 15) is 9.59 Å². The fraction of sp³-hybridized carbons (Fsp3) is 0. The third-order valence-corrected chi connectivity index (χ3v) is 3.20. The number of fused-ring (bicyclic) bond motifs is 3. The Balaban J connectivity index is 2.15. The maximum atomic E-state index is 12.2. The van der Waals surface area contributed by atoms with Crippen LogP contribution >= 0.6 is 0 Å². The Bertz CT molecular complexity index is 774. The van der Waals surface area contributed by atoms with Crippen molar-refractivity contribution >= 4 is 17.6 Å². The van der Waals surface area contributed by atoms with E-state index in [4.69, 9.17) is 11.5 Å². The quantitative estimate of drug-likeness (QED) is 0.512. The summed E-state index contributed by atoms with van der Waals surface area (Å²) in [6, 6.07) is 12.1. The number of rotatable bonds is 1. The third-order valence-electron chi connectivity index (χ3n) is 3.20. The van der Waals surface area contributed by atoms with E-state index >= 15 is 0 Å². The molecule has 5 nitrogen and oxygen atoms in total. The minimum atomic E-state index is -0.523. The van der Waals surface area contributed by atoms with Gasteiger partial charge in [0.15, 0.2) is 11.7 Å². The second-order valence-electron chi connectivity index (χ2n) is 4.48. The molecule has 0 saturated heterocycles. The Kier molecular flexibility index (Phi) is 2.61. The number of hydrogen-bond acceptors (Lipinski definition) is 2. The van der Waals surface area contributed by atoms with Gasteiger partial charge in [-0.2, -0.15) is 4.99 Å². The summed E-state index contributed by atoms with van der Waals surface area (Å²) in [5, 5.41) is 0. The molecule has 0 aromatic heterocycles. The molecule has 2 aromatic carbocycles. The van der Waals surface area contributed by atoms with E-state index < -0.39 is 5.91 Å². The fourth-order valence-corrected chi connectivity index (χ4v) is 2.34. The van der Waals surface area contributed by atoms with Crippen molar-refractivity contribution in [2.75, 3.05) is 0 Å². The van der Waals surface area contributed by atoms with Crippen molar-refractivity contribution in [3.05, 3.63) is 59.2 Å². The number of amides is 1. The van der Waals surface area contributed by atoms with E-state index in [1.165, 1.54) is 0 Å². The van der Waals surface area contributed by atoms with Crippen LogP contribution in [0.4, 0.5) is 0 Å². The molecule has 98 valence electrons.